The first-order valence-corrected chi connectivity index (χ1v) is 12.3. The van der Waals surface area contributed by atoms with Crippen LogP contribution < -0.4 is 15.8 Å². The molecular formula is C22H34N6O2S. The molecule has 4 rings (SSSR count). The number of aromatic nitrogens is 3. The van der Waals surface area contributed by atoms with Gasteiger partial charge in [-0.3, -0.25) is 9.59 Å². The molecule has 0 aliphatic carbocycles. The summed E-state index contributed by atoms with van der Waals surface area (Å²) in [6, 6.07) is 1.50. The molecule has 2 fully saturated rings. The maximum Gasteiger partial charge on any atom is 0.275 e. The Hall–Kier alpha value is -2.00. The first kappa shape index (κ1) is 22.2. The summed E-state index contributed by atoms with van der Waals surface area (Å²) in [6.45, 7) is 12.2. The number of likely N-dealkylation sites (tertiary alicyclic amines) is 1. The zero-order valence-corrected chi connectivity index (χ0v) is 19.7. The Morgan fingerprint density at radius 2 is 1.94 bits per heavy atom. The number of nitrogens with one attached hydrogen (secondary N) is 1. The van der Waals surface area contributed by atoms with Crippen LogP contribution in [0.15, 0.2) is 10.9 Å². The monoisotopic (exact) mass is 446 g/mol. The first-order chi connectivity index (χ1) is 14.9. The molecule has 170 valence electrons. The Balaban J connectivity index is 1.21. The Kier molecular flexibility index (Phi) is 6.91. The fraction of sp³-hybridized carbons (Fsp3) is 0.727. The predicted octanol–water partition coefficient (Wildman–Crippen LogP) is 2.16. The van der Waals surface area contributed by atoms with E-state index in [-0.39, 0.29) is 17.4 Å². The predicted molar refractivity (Wildman–Crippen MR) is 124 cm³/mol. The third-order valence-corrected chi connectivity index (χ3v) is 7.36. The zero-order chi connectivity index (χ0) is 22.0. The van der Waals surface area contributed by atoms with Gasteiger partial charge in [-0.25, -0.2) is 4.98 Å². The van der Waals surface area contributed by atoms with Gasteiger partial charge >= 0.3 is 0 Å². The average Bonchev–Trinajstić information content (AvgIpc) is 3.15. The Morgan fingerprint density at radius 1 is 1.23 bits per heavy atom. The second kappa shape index (κ2) is 9.65. The van der Waals surface area contributed by atoms with E-state index in [1.807, 2.05) is 6.92 Å². The van der Waals surface area contributed by atoms with E-state index >= 15 is 0 Å². The van der Waals surface area contributed by atoms with Crippen molar-refractivity contribution in [3.05, 3.63) is 22.1 Å². The van der Waals surface area contributed by atoms with Crippen LogP contribution in [0.1, 0.15) is 45.2 Å². The lowest BCUT2D eigenvalue weighted by Gasteiger charge is -2.35. The molecule has 1 amide bonds. The normalized spacial score (nSPS) is 23.4. The number of carbonyl (C=O) groups excluding carboxylic acids is 1. The smallest absolute Gasteiger partial charge is 0.275 e. The van der Waals surface area contributed by atoms with Crippen LogP contribution in [-0.2, 0) is 4.79 Å². The standard InChI is InChI=1S/C22H34N6O2S/c1-15-11-16(2)14-26(13-15)8-4-7-23-20(30)18-5-9-27(10-6-18)22-25-28-19(29)12-17(3)24-21(28)31-22/h12,15-16,18H,4-11,13-14H2,1-3H3,(H,23,30). The number of rotatable bonds is 6. The van der Waals surface area contributed by atoms with Crippen molar-refractivity contribution in [3.63, 3.8) is 0 Å². The molecule has 2 aromatic heterocycles. The summed E-state index contributed by atoms with van der Waals surface area (Å²) >= 11 is 1.43. The number of carbonyl (C=O) groups is 1. The molecule has 0 saturated carbocycles. The maximum atomic E-state index is 12.6. The van der Waals surface area contributed by atoms with Crippen molar-refractivity contribution < 1.29 is 4.79 Å². The van der Waals surface area contributed by atoms with E-state index in [2.05, 4.69) is 39.0 Å². The van der Waals surface area contributed by atoms with E-state index in [9.17, 15) is 9.59 Å². The summed E-state index contributed by atoms with van der Waals surface area (Å²) in [4.78, 5) is 34.4. The Bertz CT molecular complexity index is 955. The Labute approximate surface area is 187 Å². The minimum Gasteiger partial charge on any atom is -0.356 e. The van der Waals surface area contributed by atoms with E-state index in [0.29, 0.717) is 10.7 Å². The minimum atomic E-state index is -0.146. The maximum absolute atomic E-state index is 12.6. The molecule has 1 N–H and O–H groups in total. The highest BCUT2D eigenvalue weighted by atomic mass is 32.1. The van der Waals surface area contributed by atoms with Crippen molar-refractivity contribution in [2.24, 2.45) is 17.8 Å². The van der Waals surface area contributed by atoms with E-state index in [0.717, 1.165) is 62.4 Å². The van der Waals surface area contributed by atoms with Gasteiger partial charge in [-0.05, 0) is 51.0 Å². The number of anilines is 1. The average molecular weight is 447 g/mol. The third kappa shape index (κ3) is 5.44. The number of aryl methyl sites for hydroxylation is 1. The quantitative estimate of drug-likeness (QED) is 0.685. The fourth-order valence-electron chi connectivity index (χ4n) is 5.00. The van der Waals surface area contributed by atoms with Crippen molar-refractivity contribution in [2.45, 2.75) is 46.5 Å². The summed E-state index contributed by atoms with van der Waals surface area (Å²) < 4.78 is 1.37. The molecule has 0 bridgehead atoms. The molecule has 0 aromatic carbocycles. The molecule has 31 heavy (non-hydrogen) atoms. The minimum absolute atomic E-state index is 0.0590. The summed E-state index contributed by atoms with van der Waals surface area (Å²) in [5.74, 6) is 1.79. The van der Waals surface area contributed by atoms with Gasteiger partial charge in [0.25, 0.3) is 5.56 Å². The fourth-order valence-corrected chi connectivity index (χ4v) is 6.01. The van der Waals surface area contributed by atoms with Gasteiger partial charge in [0.1, 0.15) is 0 Å². The highest BCUT2D eigenvalue weighted by Gasteiger charge is 2.27. The lowest BCUT2D eigenvalue weighted by atomic mass is 9.92. The molecule has 2 aliphatic heterocycles. The second-order valence-corrected chi connectivity index (χ2v) is 10.4. The van der Waals surface area contributed by atoms with Gasteiger partial charge in [0, 0.05) is 50.4 Å². The van der Waals surface area contributed by atoms with Crippen LogP contribution in [0.4, 0.5) is 5.13 Å². The van der Waals surface area contributed by atoms with E-state index in [1.165, 1.54) is 41.4 Å². The van der Waals surface area contributed by atoms with Crippen LogP contribution in [0.5, 0.6) is 0 Å². The molecule has 4 heterocycles. The van der Waals surface area contributed by atoms with Crippen LogP contribution >= 0.6 is 11.3 Å². The molecular weight excluding hydrogens is 412 g/mol. The number of nitrogens with zero attached hydrogens (tertiary/aromatic N) is 5. The number of hydrogen-bond donors (Lipinski definition) is 1. The summed E-state index contributed by atoms with van der Waals surface area (Å²) in [5.41, 5.74) is 0.563. The van der Waals surface area contributed by atoms with Crippen molar-refractivity contribution in [1.82, 2.24) is 24.8 Å². The van der Waals surface area contributed by atoms with E-state index in [1.54, 1.807) is 0 Å². The largest absolute Gasteiger partial charge is 0.356 e. The lowest BCUT2D eigenvalue weighted by Crippen LogP contribution is -2.42. The SMILES string of the molecule is Cc1cc(=O)n2nc(N3CCC(C(=O)NCCCN4CC(C)CC(C)C4)CC3)sc2n1. The zero-order valence-electron chi connectivity index (χ0n) is 18.8. The van der Waals surface area contributed by atoms with E-state index in [4.69, 9.17) is 0 Å². The molecule has 2 aromatic rings. The van der Waals surface area contributed by atoms with Gasteiger partial charge in [-0.2, -0.15) is 4.52 Å². The molecule has 2 saturated heterocycles. The summed E-state index contributed by atoms with van der Waals surface area (Å²) in [5, 5.41) is 8.40. The van der Waals surface area contributed by atoms with Crippen molar-refractivity contribution >= 4 is 27.3 Å². The molecule has 0 spiro atoms. The van der Waals surface area contributed by atoms with Crippen LogP contribution in [0.25, 0.3) is 4.96 Å². The molecule has 8 nitrogen and oxygen atoms in total. The molecule has 0 radical (unpaired) electrons. The summed E-state index contributed by atoms with van der Waals surface area (Å²) in [6.07, 6.45) is 3.96. The molecule has 9 heteroatoms. The van der Waals surface area contributed by atoms with Crippen LogP contribution in [-0.4, -0.2) is 64.7 Å². The highest BCUT2D eigenvalue weighted by molar-refractivity contribution is 7.20. The number of fused-ring (bicyclic) bond motifs is 1. The van der Waals surface area contributed by atoms with Crippen LogP contribution in [0.2, 0.25) is 0 Å². The topological polar surface area (TPSA) is 82.8 Å². The van der Waals surface area contributed by atoms with Crippen molar-refractivity contribution in [3.8, 4) is 0 Å². The van der Waals surface area contributed by atoms with Crippen LogP contribution in [0.3, 0.4) is 0 Å². The number of piperidine rings is 2. The van der Waals surface area contributed by atoms with Gasteiger partial charge in [-0.15, -0.1) is 5.10 Å². The Morgan fingerprint density at radius 3 is 2.65 bits per heavy atom. The van der Waals surface area contributed by atoms with Gasteiger partial charge in [0.15, 0.2) is 0 Å². The molecule has 2 aliphatic rings. The third-order valence-electron chi connectivity index (χ3n) is 6.39. The molecule has 2 atom stereocenters. The van der Waals surface area contributed by atoms with Gasteiger partial charge in [0.2, 0.25) is 16.0 Å². The second-order valence-electron chi connectivity index (χ2n) is 9.43. The van der Waals surface area contributed by atoms with E-state index < -0.39 is 0 Å². The van der Waals surface area contributed by atoms with Gasteiger partial charge in [0.05, 0.1) is 0 Å². The van der Waals surface area contributed by atoms with Gasteiger partial charge in [-0.1, -0.05) is 25.2 Å². The molecule has 2 unspecified atom stereocenters. The highest BCUT2D eigenvalue weighted by Crippen LogP contribution is 2.27. The summed E-state index contributed by atoms with van der Waals surface area (Å²) in [7, 11) is 0. The van der Waals surface area contributed by atoms with Crippen LogP contribution in [0, 0.1) is 24.7 Å². The van der Waals surface area contributed by atoms with Gasteiger partial charge < -0.3 is 15.1 Å². The number of amides is 1. The lowest BCUT2D eigenvalue weighted by molar-refractivity contribution is -0.125. The van der Waals surface area contributed by atoms with Crippen molar-refractivity contribution in [1.29, 1.82) is 0 Å². The first-order valence-electron chi connectivity index (χ1n) is 11.5. The van der Waals surface area contributed by atoms with Crippen molar-refractivity contribution in [2.75, 3.05) is 44.2 Å². The number of hydrogen-bond acceptors (Lipinski definition) is 7.